The van der Waals surface area contributed by atoms with E-state index < -0.39 is 24.5 Å². The maximum absolute atomic E-state index is 12.6. The van der Waals surface area contributed by atoms with Crippen LogP contribution in [0.2, 0.25) is 0 Å². The first-order valence-electron chi connectivity index (χ1n) is 9.78. The molecule has 7 heteroatoms. The number of carbonyl (C=O) groups excluding carboxylic acids is 2. The summed E-state index contributed by atoms with van der Waals surface area (Å²) in [5, 5.41) is 3.08. The third kappa shape index (κ3) is 3.33. The molecule has 2 amide bonds. The second kappa shape index (κ2) is 6.13. The maximum atomic E-state index is 12.6. The number of amides is 2. The summed E-state index contributed by atoms with van der Waals surface area (Å²) < 4.78 is 37.6. The molecule has 26 heavy (non-hydrogen) atoms. The third-order valence-electron chi connectivity index (χ3n) is 7.32. The number of halogens is 3. The van der Waals surface area contributed by atoms with Gasteiger partial charge in [-0.2, -0.15) is 13.2 Å². The summed E-state index contributed by atoms with van der Waals surface area (Å²) in [5.41, 5.74) is 0.151. The zero-order valence-corrected chi connectivity index (χ0v) is 15.1. The molecule has 2 atom stereocenters. The van der Waals surface area contributed by atoms with Gasteiger partial charge in [0.05, 0.1) is 5.92 Å². The lowest BCUT2D eigenvalue weighted by atomic mass is 9.48. The second-order valence-corrected chi connectivity index (χ2v) is 9.30. The summed E-state index contributed by atoms with van der Waals surface area (Å²) in [6, 6.07) is 0.0233. The number of hydrogen-bond acceptors (Lipinski definition) is 2. The molecule has 1 aliphatic heterocycles. The Morgan fingerprint density at radius 3 is 2.23 bits per heavy atom. The van der Waals surface area contributed by atoms with Gasteiger partial charge in [0.15, 0.2) is 0 Å². The molecule has 146 valence electrons. The Balaban J connectivity index is 1.37. The number of rotatable bonds is 4. The van der Waals surface area contributed by atoms with Crippen molar-refractivity contribution in [2.24, 2.45) is 29.1 Å². The molecule has 5 fully saturated rings. The van der Waals surface area contributed by atoms with Crippen molar-refractivity contribution < 1.29 is 22.8 Å². The maximum Gasteiger partial charge on any atom is 0.406 e. The van der Waals surface area contributed by atoms with E-state index >= 15 is 0 Å². The summed E-state index contributed by atoms with van der Waals surface area (Å²) in [4.78, 5) is 25.2. The van der Waals surface area contributed by atoms with E-state index in [4.69, 9.17) is 0 Å². The van der Waals surface area contributed by atoms with Gasteiger partial charge in [0.25, 0.3) is 0 Å². The fraction of sp³-hybridized carbons (Fsp3) is 0.895. The molecule has 0 spiro atoms. The number of likely N-dealkylation sites (tertiary alicyclic amines) is 1. The molecule has 1 heterocycles. The summed E-state index contributed by atoms with van der Waals surface area (Å²) >= 11 is 0. The van der Waals surface area contributed by atoms with Crippen LogP contribution in [0.4, 0.5) is 13.2 Å². The highest BCUT2D eigenvalue weighted by Crippen LogP contribution is 2.61. The van der Waals surface area contributed by atoms with Crippen molar-refractivity contribution in [3.63, 3.8) is 0 Å². The number of hydrogen-bond donors (Lipinski definition) is 1. The molecule has 0 aromatic carbocycles. The summed E-state index contributed by atoms with van der Waals surface area (Å²) in [6.45, 7) is 0.660. The van der Waals surface area contributed by atoms with E-state index in [1.807, 2.05) is 0 Å². The van der Waals surface area contributed by atoms with Gasteiger partial charge in [0, 0.05) is 19.0 Å². The van der Waals surface area contributed by atoms with Gasteiger partial charge in [-0.15, -0.1) is 0 Å². The Kier molecular flexibility index (Phi) is 4.27. The number of nitrogens with one attached hydrogen (secondary N) is 1. The Hall–Kier alpha value is -1.27. The van der Waals surface area contributed by atoms with Gasteiger partial charge in [-0.05, 0) is 68.6 Å². The Morgan fingerprint density at radius 1 is 1.19 bits per heavy atom. The Labute approximate surface area is 151 Å². The van der Waals surface area contributed by atoms with E-state index in [-0.39, 0.29) is 30.3 Å². The van der Waals surface area contributed by atoms with E-state index in [1.54, 1.807) is 0 Å². The van der Waals surface area contributed by atoms with Crippen molar-refractivity contribution >= 4 is 11.8 Å². The van der Waals surface area contributed by atoms with Crippen molar-refractivity contribution in [2.45, 2.75) is 64.1 Å². The molecule has 0 aromatic rings. The van der Waals surface area contributed by atoms with E-state index in [2.05, 4.69) is 12.2 Å². The minimum Gasteiger partial charge on any atom is -0.353 e. The van der Waals surface area contributed by atoms with E-state index in [1.165, 1.54) is 19.3 Å². The highest BCUT2D eigenvalue weighted by Gasteiger charge is 2.53. The summed E-state index contributed by atoms with van der Waals surface area (Å²) in [5.74, 6) is 0.820. The van der Waals surface area contributed by atoms with Crippen molar-refractivity contribution in [1.82, 2.24) is 10.2 Å². The highest BCUT2D eigenvalue weighted by molar-refractivity contribution is 5.89. The van der Waals surface area contributed by atoms with Crippen LogP contribution >= 0.6 is 0 Å². The van der Waals surface area contributed by atoms with Crippen LogP contribution in [0.3, 0.4) is 0 Å². The van der Waals surface area contributed by atoms with Gasteiger partial charge >= 0.3 is 6.18 Å². The minimum absolute atomic E-state index is 0.0233. The monoisotopic (exact) mass is 372 g/mol. The van der Waals surface area contributed by atoms with Crippen LogP contribution in [0.15, 0.2) is 0 Å². The molecule has 0 radical (unpaired) electrons. The van der Waals surface area contributed by atoms with E-state index in [9.17, 15) is 22.8 Å². The molecule has 4 nitrogen and oxygen atoms in total. The number of nitrogens with zero attached hydrogens (tertiary/aromatic N) is 1. The predicted octanol–water partition coefficient (Wildman–Crippen LogP) is 3.12. The van der Waals surface area contributed by atoms with E-state index in [0.717, 1.165) is 41.9 Å². The molecular weight excluding hydrogens is 345 g/mol. The van der Waals surface area contributed by atoms with Crippen molar-refractivity contribution in [3.05, 3.63) is 0 Å². The van der Waals surface area contributed by atoms with Crippen LogP contribution < -0.4 is 5.32 Å². The van der Waals surface area contributed by atoms with Crippen molar-refractivity contribution in [1.29, 1.82) is 0 Å². The van der Waals surface area contributed by atoms with Crippen LogP contribution in [0, 0.1) is 29.1 Å². The van der Waals surface area contributed by atoms with Gasteiger partial charge in [-0.3, -0.25) is 9.59 Å². The lowest BCUT2D eigenvalue weighted by molar-refractivity contribution is -0.157. The first-order chi connectivity index (χ1) is 12.1. The van der Waals surface area contributed by atoms with Gasteiger partial charge in [0.1, 0.15) is 6.54 Å². The Morgan fingerprint density at radius 2 is 1.73 bits per heavy atom. The third-order valence-corrected chi connectivity index (χ3v) is 7.32. The average molecular weight is 372 g/mol. The molecule has 1 N–H and O–H groups in total. The normalized spacial score (nSPS) is 40.2. The van der Waals surface area contributed by atoms with Gasteiger partial charge in [-0.1, -0.05) is 0 Å². The number of alkyl halides is 3. The molecule has 0 aromatic heterocycles. The second-order valence-electron chi connectivity index (χ2n) is 9.30. The van der Waals surface area contributed by atoms with Crippen LogP contribution in [0.1, 0.15) is 51.9 Å². The topological polar surface area (TPSA) is 49.4 Å². The molecular formula is C19H27F3N2O2. The van der Waals surface area contributed by atoms with Gasteiger partial charge in [-0.25, -0.2) is 0 Å². The first kappa shape index (κ1) is 18.1. The van der Waals surface area contributed by atoms with Crippen molar-refractivity contribution in [3.8, 4) is 0 Å². The zero-order valence-electron chi connectivity index (χ0n) is 15.1. The van der Waals surface area contributed by atoms with Gasteiger partial charge in [0.2, 0.25) is 11.8 Å². The SMILES string of the molecule is CC(NC(=O)C1CC(=O)N(CC(F)(F)F)C1)C12CC3CC(CC(C3)C1)C2. The molecule has 5 rings (SSSR count). The molecule has 5 aliphatic rings. The van der Waals surface area contributed by atoms with Crippen LogP contribution in [-0.2, 0) is 9.59 Å². The molecule has 4 saturated carbocycles. The molecule has 1 saturated heterocycles. The molecule has 2 unspecified atom stereocenters. The first-order valence-corrected chi connectivity index (χ1v) is 9.78. The zero-order chi connectivity index (χ0) is 18.7. The smallest absolute Gasteiger partial charge is 0.353 e. The minimum atomic E-state index is -4.42. The highest BCUT2D eigenvalue weighted by atomic mass is 19.4. The lowest BCUT2D eigenvalue weighted by Crippen LogP contribution is -2.56. The lowest BCUT2D eigenvalue weighted by Gasteiger charge is -2.59. The largest absolute Gasteiger partial charge is 0.406 e. The van der Waals surface area contributed by atoms with Gasteiger partial charge < -0.3 is 10.2 Å². The fourth-order valence-corrected chi connectivity index (χ4v) is 6.51. The summed E-state index contributed by atoms with van der Waals surface area (Å²) in [7, 11) is 0. The quantitative estimate of drug-likeness (QED) is 0.824. The van der Waals surface area contributed by atoms with E-state index in [0.29, 0.717) is 0 Å². The fourth-order valence-electron chi connectivity index (χ4n) is 6.51. The molecule has 4 bridgehead atoms. The number of carbonyl (C=O) groups is 2. The Bertz CT molecular complexity index is 569. The van der Waals surface area contributed by atoms with Crippen LogP contribution in [-0.4, -0.2) is 42.0 Å². The summed E-state index contributed by atoms with van der Waals surface area (Å²) in [6.07, 6.45) is 2.90. The molecule has 4 aliphatic carbocycles. The standard InChI is InChI=1S/C19H27F3N2O2/c1-11(18-6-12-2-13(7-18)4-14(3-12)8-18)23-17(26)15-5-16(25)24(9-15)10-19(20,21)22/h11-15H,2-10H2,1H3,(H,23,26). The van der Waals surface area contributed by atoms with Crippen molar-refractivity contribution in [2.75, 3.05) is 13.1 Å². The average Bonchev–Trinajstić information content (AvgIpc) is 2.85. The van der Waals surface area contributed by atoms with Crippen LogP contribution in [0.25, 0.3) is 0 Å². The predicted molar refractivity (Wildman–Crippen MR) is 89.0 cm³/mol. The van der Waals surface area contributed by atoms with Crippen LogP contribution in [0.5, 0.6) is 0 Å².